The molecule has 0 aliphatic carbocycles. The number of hydrogen-bond acceptors (Lipinski definition) is 6. The maximum atomic E-state index is 11.8. The van der Waals surface area contributed by atoms with Crippen molar-refractivity contribution in [3.05, 3.63) is 75.3 Å². The van der Waals surface area contributed by atoms with Gasteiger partial charge in [0.15, 0.2) is 0 Å². The Balaban J connectivity index is 1.79. The van der Waals surface area contributed by atoms with E-state index in [1.54, 1.807) is 18.2 Å². The minimum atomic E-state index is -0.503. The van der Waals surface area contributed by atoms with Crippen LogP contribution in [0.4, 0.5) is 11.5 Å². The molecule has 0 saturated carbocycles. The van der Waals surface area contributed by atoms with Crippen molar-refractivity contribution < 1.29 is 9.72 Å². The van der Waals surface area contributed by atoms with E-state index in [0.717, 1.165) is 5.56 Å². The lowest BCUT2D eigenvalue weighted by molar-refractivity contribution is -0.384. The highest BCUT2D eigenvalue weighted by Gasteiger charge is 2.12. The molecule has 0 saturated heterocycles. The highest BCUT2D eigenvalue weighted by Crippen LogP contribution is 2.25. The lowest BCUT2D eigenvalue weighted by atomic mass is 10.1. The van der Waals surface area contributed by atoms with E-state index in [1.165, 1.54) is 18.2 Å². The number of hydrogen-bond donors (Lipinski definition) is 2. The molecule has 0 bridgehead atoms. The van der Waals surface area contributed by atoms with Crippen molar-refractivity contribution in [2.45, 2.75) is 13.5 Å². The fourth-order valence-electron chi connectivity index (χ4n) is 2.74. The van der Waals surface area contributed by atoms with E-state index in [2.05, 4.69) is 21.7 Å². The third kappa shape index (κ3) is 4.04. The van der Waals surface area contributed by atoms with E-state index in [4.69, 9.17) is 0 Å². The summed E-state index contributed by atoms with van der Waals surface area (Å²) in [6, 6.07) is 15.0. The van der Waals surface area contributed by atoms with E-state index in [-0.39, 0.29) is 11.6 Å². The molecule has 2 N–H and O–H groups in total. The molecule has 0 aliphatic heterocycles. The van der Waals surface area contributed by atoms with Gasteiger partial charge in [-0.25, -0.2) is 4.98 Å². The van der Waals surface area contributed by atoms with E-state index in [9.17, 15) is 20.2 Å². The van der Waals surface area contributed by atoms with Crippen molar-refractivity contribution in [3.8, 4) is 6.07 Å². The van der Waals surface area contributed by atoms with Crippen molar-refractivity contribution >= 4 is 28.3 Å². The molecular weight excluding hydrogens is 358 g/mol. The second-order valence-corrected chi connectivity index (χ2v) is 6.04. The van der Waals surface area contributed by atoms with Crippen LogP contribution in [0.15, 0.2) is 48.5 Å². The Labute approximate surface area is 161 Å². The zero-order chi connectivity index (χ0) is 20.1. The Morgan fingerprint density at radius 2 is 1.96 bits per heavy atom. The van der Waals surface area contributed by atoms with Crippen LogP contribution in [-0.2, 0) is 6.54 Å². The van der Waals surface area contributed by atoms with Gasteiger partial charge in [-0.05, 0) is 36.8 Å². The van der Waals surface area contributed by atoms with Crippen molar-refractivity contribution in [1.29, 1.82) is 5.26 Å². The number of anilines is 1. The van der Waals surface area contributed by atoms with Gasteiger partial charge in [0.2, 0.25) is 0 Å². The minimum Gasteiger partial charge on any atom is -0.366 e. The van der Waals surface area contributed by atoms with Crippen LogP contribution in [0, 0.1) is 21.4 Å². The Kier molecular flexibility index (Phi) is 5.46. The third-order valence-electron chi connectivity index (χ3n) is 4.15. The molecule has 0 spiro atoms. The number of nitro benzene ring substituents is 1. The van der Waals surface area contributed by atoms with Gasteiger partial charge in [0.1, 0.15) is 5.82 Å². The molecule has 8 heteroatoms. The number of benzene rings is 2. The summed E-state index contributed by atoms with van der Waals surface area (Å²) in [5.41, 5.74) is 2.25. The molecule has 2 aromatic carbocycles. The van der Waals surface area contributed by atoms with Gasteiger partial charge in [0.25, 0.3) is 11.6 Å². The van der Waals surface area contributed by atoms with Gasteiger partial charge < -0.3 is 10.6 Å². The molecule has 0 fully saturated rings. The monoisotopic (exact) mass is 375 g/mol. The fraction of sp³-hybridized carbons (Fsp3) is 0.150. The quantitative estimate of drug-likeness (QED) is 0.503. The Morgan fingerprint density at radius 3 is 2.61 bits per heavy atom. The molecular formula is C20H17N5O3. The van der Waals surface area contributed by atoms with Crippen molar-refractivity contribution in [2.75, 3.05) is 11.9 Å². The molecule has 3 aromatic rings. The molecule has 1 heterocycles. The summed E-state index contributed by atoms with van der Waals surface area (Å²) in [5, 5.41) is 26.6. The van der Waals surface area contributed by atoms with Crippen molar-refractivity contribution in [2.24, 2.45) is 0 Å². The number of nitrogens with zero attached hydrogens (tertiary/aromatic N) is 3. The number of nitro groups is 1. The zero-order valence-electron chi connectivity index (χ0n) is 15.1. The predicted octanol–water partition coefficient (Wildman–Crippen LogP) is 3.38. The molecule has 0 radical (unpaired) electrons. The van der Waals surface area contributed by atoms with E-state index in [0.29, 0.717) is 40.9 Å². The van der Waals surface area contributed by atoms with Gasteiger partial charge in [0, 0.05) is 36.2 Å². The Morgan fingerprint density at radius 1 is 1.21 bits per heavy atom. The number of fused-ring (bicyclic) bond motifs is 1. The highest BCUT2D eigenvalue weighted by molar-refractivity contribution is 5.94. The molecule has 140 valence electrons. The van der Waals surface area contributed by atoms with E-state index in [1.807, 2.05) is 19.1 Å². The summed E-state index contributed by atoms with van der Waals surface area (Å²) >= 11 is 0. The molecule has 28 heavy (non-hydrogen) atoms. The highest BCUT2D eigenvalue weighted by atomic mass is 16.6. The second kappa shape index (κ2) is 8.14. The second-order valence-electron chi connectivity index (χ2n) is 6.04. The van der Waals surface area contributed by atoms with Crippen molar-refractivity contribution in [3.63, 3.8) is 0 Å². The molecule has 3 rings (SSSR count). The van der Waals surface area contributed by atoms with Crippen LogP contribution in [0.25, 0.3) is 10.9 Å². The summed E-state index contributed by atoms with van der Waals surface area (Å²) < 4.78 is 0. The summed E-state index contributed by atoms with van der Waals surface area (Å²) in [6.07, 6.45) is 0. The van der Waals surface area contributed by atoms with Crippen LogP contribution in [0.3, 0.4) is 0 Å². The van der Waals surface area contributed by atoms with Gasteiger partial charge in [0.05, 0.1) is 22.1 Å². The first-order chi connectivity index (χ1) is 13.5. The first-order valence-electron chi connectivity index (χ1n) is 8.62. The number of amides is 1. The Hall–Kier alpha value is -3.99. The van der Waals surface area contributed by atoms with Crippen LogP contribution >= 0.6 is 0 Å². The summed E-state index contributed by atoms with van der Waals surface area (Å²) in [4.78, 5) is 26.6. The number of carbonyl (C=O) groups excluding carboxylic acids is 1. The summed E-state index contributed by atoms with van der Waals surface area (Å²) in [7, 11) is 0. The van der Waals surface area contributed by atoms with Crippen LogP contribution in [-0.4, -0.2) is 22.4 Å². The smallest absolute Gasteiger partial charge is 0.270 e. The SMILES string of the molecule is CCNC(=O)c1ccc(CNc2cc(C#N)c3cc([N+](=O)[O-])ccc3n2)cc1. The third-order valence-corrected chi connectivity index (χ3v) is 4.15. The number of pyridine rings is 1. The molecule has 0 atom stereocenters. The molecule has 0 aliphatic rings. The van der Waals surface area contributed by atoms with Gasteiger partial charge >= 0.3 is 0 Å². The number of nitriles is 1. The van der Waals surface area contributed by atoms with Crippen LogP contribution in [0.5, 0.6) is 0 Å². The van der Waals surface area contributed by atoms with Gasteiger partial charge in [-0.15, -0.1) is 0 Å². The topological polar surface area (TPSA) is 121 Å². The minimum absolute atomic E-state index is 0.0845. The first kappa shape index (κ1) is 18.8. The molecule has 8 nitrogen and oxygen atoms in total. The lowest BCUT2D eigenvalue weighted by Crippen LogP contribution is -2.22. The number of carbonyl (C=O) groups is 1. The maximum Gasteiger partial charge on any atom is 0.270 e. The lowest BCUT2D eigenvalue weighted by Gasteiger charge is -2.09. The van der Waals surface area contributed by atoms with Crippen LogP contribution < -0.4 is 10.6 Å². The fourth-order valence-corrected chi connectivity index (χ4v) is 2.74. The average molecular weight is 375 g/mol. The largest absolute Gasteiger partial charge is 0.366 e. The maximum absolute atomic E-state index is 11.8. The first-order valence-corrected chi connectivity index (χ1v) is 8.62. The number of rotatable bonds is 6. The molecule has 1 aromatic heterocycles. The van der Waals surface area contributed by atoms with E-state index < -0.39 is 4.92 Å². The summed E-state index contributed by atoms with van der Waals surface area (Å²) in [5.74, 6) is 0.372. The van der Waals surface area contributed by atoms with Gasteiger partial charge in [-0.3, -0.25) is 14.9 Å². The molecule has 1 amide bonds. The number of aromatic nitrogens is 1. The summed E-state index contributed by atoms with van der Waals surface area (Å²) in [6.45, 7) is 2.88. The van der Waals surface area contributed by atoms with Crippen LogP contribution in [0.2, 0.25) is 0 Å². The number of non-ortho nitro benzene ring substituents is 1. The molecule has 0 unspecified atom stereocenters. The van der Waals surface area contributed by atoms with Crippen molar-refractivity contribution in [1.82, 2.24) is 10.3 Å². The zero-order valence-corrected chi connectivity index (χ0v) is 15.1. The Bertz CT molecular complexity index is 1090. The van der Waals surface area contributed by atoms with Gasteiger partial charge in [-0.2, -0.15) is 5.26 Å². The average Bonchev–Trinajstić information content (AvgIpc) is 2.71. The van der Waals surface area contributed by atoms with Crippen LogP contribution in [0.1, 0.15) is 28.4 Å². The van der Waals surface area contributed by atoms with Gasteiger partial charge in [-0.1, -0.05) is 12.1 Å². The number of nitrogens with one attached hydrogen (secondary N) is 2. The predicted molar refractivity (Wildman–Crippen MR) is 105 cm³/mol. The standard InChI is InChI=1S/C20H17N5O3/c1-2-22-20(26)14-5-3-13(4-6-14)12-23-19-9-15(11-21)17-10-16(25(27)28)7-8-18(17)24-19/h3-10H,2,12H2,1H3,(H,22,26)(H,23,24). The van der Waals surface area contributed by atoms with E-state index >= 15 is 0 Å². The normalized spacial score (nSPS) is 10.3.